The van der Waals surface area contributed by atoms with Gasteiger partial charge in [-0.15, -0.1) is 0 Å². The van der Waals surface area contributed by atoms with Gasteiger partial charge in [0.1, 0.15) is 6.54 Å². The van der Waals surface area contributed by atoms with Crippen molar-refractivity contribution in [2.24, 2.45) is 0 Å². The first kappa shape index (κ1) is 28.7. The predicted molar refractivity (Wildman–Crippen MR) is 157 cm³/mol. The molecule has 0 spiro atoms. The van der Waals surface area contributed by atoms with Crippen LogP contribution in [-0.4, -0.2) is 42.5 Å². The van der Waals surface area contributed by atoms with Crippen LogP contribution in [0.25, 0.3) is 0 Å². The summed E-state index contributed by atoms with van der Waals surface area (Å²) >= 11 is 0. The molecule has 0 unspecified atom stereocenters. The van der Waals surface area contributed by atoms with E-state index in [0.29, 0.717) is 6.54 Å². The highest BCUT2D eigenvalue weighted by Gasteiger charge is 2.22. The molecule has 0 aromatic heterocycles. The maximum absolute atomic E-state index is 13.9. The summed E-state index contributed by atoms with van der Waals surface area (Å²) in [5.74, 6) is 0.151. The second-order valence-electron chi connectivity index (χ2n) is 12.0. The predicted octanol–water partition coefficient (Wildman–Crippen LogP) is 7.54. The van der Waals surface area contributed by atoms with Gasteiger partial charge in [0.05, 0.1) is 20.6 Å². The van der Waals surface area contributed by atoms with Crippen molar-refractivity contribution in [3.05, 3.63) is 104 Å². The lowest BCUT2D eigenvalue weighted by molar-refractivity contribution is -0.903. The molecule has 0 radical (unpaired) electrons. The molecule has 37 heavy (non-hydrogen) atoms. The SMILES string of the molecule is Cc1cc(C)cc(CN(CCCC[N+](C)(C)Cc2cc(C)cc(C)c2)C(=O)c2c(C)cc(C)cc2C)c1. The van der Waals surface area contributed by atoms with Gasteiger partial charge >= 0.3 is 0 Å². The summed E-state index contributed by atoms with van der Waals surface area (Å²) in [6.07, 6.45) is 2.08. The Kier molecular flexibility index (Phi) is 9.36. The summed E-state index contributed by atoms with van der Waals surface area (Å²) in [6, 6.07) is 17.7. The van der Waals surface area contributed by atoms with Gasteiger partial charge in [-0.25, -0.2) is 0 Å². The summed E-state index contributed by atoms with van der Waals surface area (Å²) < 4.78 is 0.949. The Hall–Kier alpha value is -2.91. The maximum Gasteiger partial charge on any atom is 0.254 e. The van der Waals surface area contributed by atoms with Crippen LogP contribution in [0.4, 0.5) is 0 Å². The van der Waals surface area contributed by atoms with Crippen molar-refractivity contribution in [1.82, 2.24) is 4.90 Å². The zero-order chi connectivity index (χ0) is 27.3. The minimum Gasteiger partial charge on any atom is -0.334 e. The number of hydrogen-bond acceptors (Lipinski definition) is 1. The molecule has 0 heterocycles. The third-order valence-corrected chi connectivity index (χ3v) is 7.17. The lowest BCUT2D eigenvalue weighted by Gasteiger charge is -2.31. The number of quaternary nitrogens is 1. The van der Waals surface area contributed by atoms with Crippen molar-refractivity contribution in [3.8, 4) is 0 Å². The highest BCUT2D eigenvalue weighted by Crippen LogP contribution is 2.22. The van der Waals surface area contributed by atoms with Crippen molar-refractivity contribution in [3.63, 3.8) is 0 Å². The number of carbonyl (C=O) groups excluding carboxylic acids is 1. The summed E-state index contributed by atoms with van der Waals surface area (Å²) in [5.41, 5.74) is 12.0. The van der Waals surface area contributed by atoms with Crippen LogP contribution in [0, 0.1) is 48.5 Å². The van der Waals surface area contributed by atoms with E-state index in [-0.39, 0.29) is 5.91 Å². The third-order valence-electron chi connectivity index (χ3n) is 7.17. The minimum absolute atomic E-state index is 0.151. The van der Waals surface area contributed by atoms with E-state index in [2.05, 4.69) is 116 Å². The van der Waals surface area contributed by atoms with Gasteiger partial charge in [0.2, 0.25) is 0 Å². The number of amides is 1. The number of unbranched alkanes of at least 4 members (excludes halogenated alkanes) is 1. The summed E-state index contributed by atoms with van der Waals surface area (Å²) in [5, 5.41) is 0. The molecule has 3 nitrogen and oxygen atoms in total. The molecule has 3 heteroatoms. The van der Waals surface area contributed by atoms with Crippen molar-refractivity contribution < 1.29 is 9.28 Å². The van der Waals surface area contributed by atoms with E-state index in [1.165, 1.54) is 38.9 Å². The van der Waals surface area contributed by atoms with Gasteiger partial charge in [0.15, 0.2) is 0 Å². The standard InChI is InChI=1S/C34H47N2O/c1-24-14-25(2)19-31(18-24)22-35(34(37)33-29(6)16-28(5)17-30(33)7)12-10-11-13-36(8,9)23-32-20-26(3)15-27(4)21-32/h14-21H,10-13,22-23H2,1-9H3/q+1. The Labute approximate surface area is 225 Å². The molecule has 0 bridgehead atoms. The maximum atomic E-state index is 13.9. The lowest BCUT2D eigenvalue weighted by atomic mass is 9.98. The van der Waals surface area contributed by atoms with Crippen LogP contribution < -0.4 is 0 Å². The van der Waals surface area contributed by atoms with Gasteiger partial charge in [-0.3, -0.25) is 4.79 Å². The van der Waals surface area contributed by atoms with E-state index in [0.717, 1.165) is 53.6 Å². The summed E-state index contributed by atoms with van der Waals surface area (Å²) in [4.78, 5) is 16.0. The molecule has 0 fully saturated rings. The van der Waals surface area contributed by atoms with E-state index >= 15 is 0 Å². The monoisotopic (exact) mass is 499 g/mol. The number of carbonyl (C=O) groups is 1. The number of benzene rings is 3. The van der Waals surface area contributed by atoms with Gasteiger partial charge in [0.25, 0.3) is 5.91 Å². The molecule has 0 atom stereocenters. The fourth-order valence-corrected chi connectivity index (χ4v) is 5.88. The van der Waals surface area contributed by atoms with E-state index in [1.807, 2.05) is 0 Å². The first-order valence-corrected chi connectivity index (χ1v) is 13.7. The number of nitrogens with zero attached hydrogens (tertiary/aromatic N) is 2. The summed E-state index contributed by atoms with van der Waals surface area (Å²) in [6.45, 7) is 18.4. The van der Waals surface area contributed by atoms with Crippen LogP contribution in [0.15, 0.2) is 48.5 Å². The summed E-state index contributed by atoms with van der Waals surface area (Å²) in [7, 11) is 4.63. The number of hydrogen-bond donors (Lipinski definition) is 0. The molecule has 3 aromatic carbocycles. The molecule has 0 saturated carbocycles. The fraction of sp³-hybridized carbons (Fsp3) is 0.441. The zero-order valence-corrected chi connectivity index (χ0v) is 24.7. The third kappa shape index (κ3) is 8.30. The fourth-order valence-electron chi connectivity index (χ4n) is 5.88. The van der Waals surface area contributed by atoms with Crippen LogP contribution in [0.5, 0.6) is 0 Å². The van der Waals surface area contributed by atoms with Gasteiger partial charge in [-0.1, -0.05) is 76.3 Å². The van der Waals surface area contributed by atoms with E-state index < -0.39 is 0 Å². The second-order valence-corrected chi connectivity index (χ2v) is 12.0. The van der Waals surface area contributed by atoms with Crippen molar-refractivity contribution in [2.45, 2.75) is 74.4 Å². The normalized spacial score (nSPS) is 11.6. The van der Waals surface area contributed by atoms with Gasteiger partial charge in [-0.2, -0.15) is 0 Å². The molecule has 0 aliphatic heterocycles. The van der Waals surface area contributed by atoms with Crippen molar-refractivity contribution >= 4 is 5.91 Å². The first-order chi connectivity index (χ1) is 17.3. The van der Waals surface area contributed by atoms with Crippen LogP contribution in [0.2, 0.25) is 0 Å². The lowest BCUT2D eigenvalue weighted by Crippen LogP contribution is -2.40. The van der Waals surface area contributed by atoms with Gasteiger partial charge < -0.3 is 9.38 Å². The molecule has 198 valence electrons. The minimum atomic E-state index is 0.151. The highest BCUT2D eigenvalue weighted by molar-refractivity contribution is 5.97. The largest absolute Gasteiger partial charge is 0.334 e. The number of aryl methyl sites for hydroxylation is 7. The zero-order valence-electron chi connectivity index (χ0n) is 24.7. The Balaban J connectivity index is 1.72. The Morgan fingerprint density at radius 1 is 0.649 bits per heavy atom. The van der Waals surface area contributed by atoms with Crippen LogP contribution in [0.3, 0.4) is 0 Å². The molecule has 1 amide bonds. The van der Waals surface area contributed by atoms with E-state index in [1.54, 1.807) is 0 Å². The van der Waals surface area contributed by atoms with Crippen LogP contribution in [-0.2, 0) is 13.1 Å². The molecular formula is C34H47N2O+. The number of rotatable bonds is 10. The average molecular weight is 500 g/mol. The molecule has 0 saturated heterocycles. The first-order valence-electron chi connectivity index (χ1n) is 13.7. The molecule has 3 rings (SSSR count). The highest BCUT2D eigenvalue weighted by atomic mass is 16.2. The Bertz CT molecular complexity index is 1190. The van der Waals surface area contributed by atoms with E-state index in [4.69, 9.17) is 0 Å². The molecular weight excluding hydrogens is 452 g/mol. The average Bonchev–Trinajstić information content (AvgIpc) is 2.73. The van der Waals surface area contributed by atoms with Crippen molar-refractivity contribution in [2.75, 3.05) is 27.2 Å². The van der Waals surface area contributed by atoms with Crippen molar-refractivity contribution in [1.29, 1.82) is 0 Å². The molecule has 0 aliphatic carbocycles. The molecule has 0 N–H and O–H groups in total. The van der Waals surface area contributed by atoms with Gasteiger partial charge in [0, 0.05) is 24.2 Å². The topological polar surface area (TPSA) is 20.3 Å². The molecule has 0 aliphatic rings. The van der Waals surface area contributed by atoms with E-state index in [9.17, 15) is 4.79 Å². The Morgan fingerprint density at radius 2 is 1.11 bits per heavy atom. The van der Waals surface area contributed by atoms with Crippen LogP contribution >= 0.6 is 0 Å². The Morgan fingerprint density at radius 3 is 1.62 bits per heavy atom. The quantitative estimate of drug-likeness (QED) is 0.208. The van der Waals surface area contributed by atoms with Crippen LogP contribution in [0.1, 0.15) is 73.3 Å². The molecule has 3 aromatic rings. The second kappa shape index (κ2) is 12.1. The smallest absolute Gasteiger partial charge is 0.254 e. The van der Waals surface area contributed by atoms with Gasteiger partial charge in [-0.05, 0) is 78.0 Å².